The minimum absolute atomic E-state index is 0. The zero-order valence-corrected chi connectivity index (χ0v) is 18.9. The summed E-state index contributed by atoms with van der Waals surface area (Å²) in [4.78, 5) is 20.5. The van der Waals surface area contributed by atoms with E-state index in [0.29, 0.717) is 22.6 Å². The SMILES string of the molecule is COc1cc(C=CC(=O)O)ccc1O.COc1cc(C=CC(=O)O)ccc1O.[Zn]. The van der Waals surface area contributed by atoms with Gasteiger partial charge >= 0.3 is 11.9 Å². The largest absolute Gasteiger partial charge is 0.504 e. The number of hydrogen-bond donors (Lipinski definition) is 4. The van der Waals surface area contributed by atoms with Gasteiger partial charge in [0, 0.05) is 31.6 Å². The second-order valence-electron chi connectivity index (χ2n) is 5.21. The Balaban J connectivity index is 0.000000523. The molecule has 0 unspecified atom stereocenters. The molecule has 0 aliphatic rings. The molecule has 0 saturated carbocycles. The first kappa shape index (κ1) is 25.7. The Bertz CT molecular complexity index is 817. The van der Waals surface area contributed by atoms with E-state index in [1.54, 1.807) is 24.3 Å². The van der Waals surface area contributed by atoms with Crippen molar-refractivity contribution in [3.8, 4) is 23.0 Å². The molecule has 9 heteroatoms. The van der Waals surface area contributed by atoms with E-state index < -0.39 is 11.9 Å². The van der Waals surface area contributed by atoms with Crippen LogP contribution in [0.2, 0.25) is 0 Å². The Hall–Kier alpha value is -3.32. The molecule has 2 aromatic carbocycles. The first-order valence-electron chi connectivity index (χ1n) is 7.82. The number of carboxylic acid groups (broad SMARTS) is 2. The molecule has 0 aliphatic carbocycles. The molecule has 0 saturated heterocycles. The number of aliphatic carboxylic acids is 2. The fourth-order valence-electron chi connectivity index (χ4n) is 1.93. The Labute approximate surface area is 180 Å². The van der Waals surface area contributed by atoms with E-state index in [-0.39, 0.29) is 31.0 Å². The predicted octanol–water partition coefficient (Wildman–Crippen LogP) is 2.99. The van der Waals surface area contributed by atoms with Gasteiger partial charge in [0.15, 0.2) is 23.0 Å². The van der Waals surface area contributed by atoms with Crippen LogP contribution >= 0.6 is 0 Å². The molecule has 2 aromatic rings. The number of aromatic hydroxyl groups is 2. The van der Waals surface area contributed by atoms with E-state index in [2.05, 4.69) is 0 Å². The van der Waals surface area contributed by atoms with Crippen molar-refractivity contribution in [1.29, 1.82) is 0 Å². The summed E-state index contributed by atoms with van der Waals surface area (Å²) in [5, 5.41) is 35.3. The van der Waals surface area contributed by atoms with E-state index in [4.69, 9.17) is 19.7 Å². The molecule has 150 valence electrons. The van der Waals surface area contributed by atoms with Crippen LogP contribution in [0.1, 0.15) is 11.1 Å². The maximum atomic E-state index is 10.2. The zero-order valence-electron chi connectivity index (χ0n) is 15.9. The third-order valence-electron chi connectivity index (χ3n) is 3.24. The average molecular weight is 454 g/mol. The molecule has 29 heavy (non-hydrogen) atoms. The summed E-state index contributed by atoms with van der Waals surface area (Å²) >= 11 is 0. The van der Waals surface area contributed by atoms with Gasteiger partial charge in [0.1, 0.15) is 0 Å². The summed E-state index contributed by atoms with van der Waals surface area (Å²) in [6.45, 7) is 0. The first-order valence-corrected chi connectivity index (χ1v) is 7.82. The van der Waals surface area contributed by atoms with E-state index >= 15 is 0 Å². The van der Waals surface area contributed by atoms with Crippen molar-refractivity contribution in [3.05, 3.63) is 59.7 Å². The molecule has 0 aliphatic heterocycles. The number of phenolic OH excluding ortho intramolecular Hbond substituents is 2. The van der Waals surface area contributed by atoms with Gasteiger partial charge in [-0.3, -0.25) is 0 Å². The van der Waals surface area contributed by atoms with Gasteiger partial charge in [-0.25, -0.2) is 9.59 Å². The molecule has 0 bridgehead atoms. The second kappa shape index (κ2) is 13.0. The number of carbonyl (C=O) groups is 2. The molecular formula is C20H20O8Zn. The average Bonchev–Trinajstić information content (AvgIpc) is 2.67. The quantitative estimate of drug-likeness (QED) is 0.387. The zero-order chi connectivity index (χ0) is 21.1. The molecule has 0 aromatic heterocycles. The van der Waals surface area contributed by atoms with Crippen LogP contribution in [0.4, 0.5) is 0 Å². The molecule has 2 rings (SSSR count). The molecule has 8 nitrogen and oxygen atoms in total. The molecule has 4 N–H and O–H groups in total. The molecule has 0 spiro atoms. The normalized spacial score (nSPS) is 10.0. The van der Waals surface area contributed by atoms with Crippen LogP contribution in [0.5, 0.6) is 23.0 Å². The number of benzene rings is 2. The van der Waals surface area contributed by atoms with Crippen LogP contribution in [0.25, 0.3) is 12.2 Å². The number of hydrogen-bond acceptors (Lipinski definition) is 6. The van der Waals surface area contributed by atoms with Gasteiger partial charge in [0.2, 0.25) is 0 Å². The smallest absolute Gasteiger partial charge is 0.328 e. The summed E-state index contributed by atoms with van der Waals surface area (Å²) in [6, 6.07) is 9.18. The van der Waals surface area contributed by atoms with E-state index in [1.165, 1.54) is 38.5 Å². The van der Waals surface area contributed by atoms with Crippen molar-refractivity contribution in [2.24, 2.45) is 0 Å². The van der Waals surface area contributed by atoms with Crippen molar-refractivity contribution < 1.29 is 59.0 Å². The fourth-order valence-corrected chi connectivity index (χ4v) is 1.93. The minimum atomic E-state index is -1.02. The maximum Gasteiger partial charge on any atom is 0.328 e. The van der Waals surface area contributed by atoms with Gasteiger partial charge in [0.05, 0.1) is 14.2 Å². The van der Waals surface area contributed by atoms with E-state index in [1.807, 2.05) is 0 Å². The molecule has 0 radical (unpaired) electrons. The Kier molecular flexibility index (Phi) is 11.5. The van der Waals surface area contributed by atoms with Crippen LogP contribution in [-0.2, 0) is 29.1 Å². The maximum absolute atomic E-state index is 10.2. The molecule has 0 atom stereocenters. The third-order valence-corrected chi connectivity index (χ3v) is 3.24. The Morgan fingerprint density at radius 3 is 1.38 bits per heavy atom. The number of rotatable bonds is 6. The van der Waals surface area contributed by atoms with Crippen LogP contribution in [0.3, 0.4) is 0 Å². The number of methoxy groups -OCH3 is 2. The van der Waals surface area contributed by atoms with Gasteiger partial charge in [-0.05, 0) is 47.5 Å². The second-order valence-corrected chi connectivity index (χ2v) is 5.21. The summed E-state index contributed by atoms with van der Waals surface area (Å²) in [5.41, 5.74) is 1.31. The standard InChI is InChI=1S/2C10H10O4.Zn/c2*1-14-9-6-7(2-4-8(9)11)3-5-10(12)13;/h2*2-6,11H,1H3,(H,12,13);. The van der Waals surface area contributed by atoms with Gasteiger partial charge in [0.25, 0.3) is 0 Å². The number of ether oxygens (including phenoxy) is 2. The van der Waals surface area contributed by atoms with Crippen molar-refractivity contribution in [3.63, 3.8) is 0 Å². The van der Waals surface area contributed by atoms with Gasteiger partial charge in [-0.2, -0.15) is 0 Å². The Morgan fingerprint density at radius 2 is 1.10 bits per heavy atom. The van der Waals surface area contributed by atoms with Gasteiger partial charge < -0.3 is 29.9 Å². The monoisotopic (exact) mass is 452 g/mol. The summed E-state index contributed by atoms with van der Waals surface area (Å²) in [7, 11) is 2.86. The summed E-state index contributed by atoms with van der Waals surface area (Å²) < 4.78 is 9.72. The third kappa shape index (κ3) is 9.44. The van der Waals surface area contributed by atoms with E-state index in [0.717, 1.165) is 12.2 Å². The fraction of sp³-hybridized carbons (Fsp3) is 0.100. The number of phenols is 2. The van der Waals surface area contributed by atoms with Crippen molar-refractivity contribution in [2.45, 2.75) is 0 Å². The molecule has 0 amide bonds. The van der Waals surface area contributed by atoms with Crippen molar-refractivity contribution in [2.75, 3.05) is 14.2 Å². The van der Waals surface area contributed by atoms with Crippen LogP contribution in [0.15, 0.2) is 48.6 Å². The Morgan fingerprint density at radius 1 is 0.759 bits per heavy atom. The predicted molar refractivity (Wildman–Crippen MR) is 103 cm³/mol. The topological polar surface area (TPSA) is 134 Å². The number of carboxylic acids is 2. The van der Waals surface area contributed by atoms with Crippen molar-refractivity contribution in [1.82, 2.24) is 0 Å². The van der Waals surface area contributed by atoms with Crippen LogP contribution < -0.4 is 9.47 Å². The summed E-state index contributed by atoms with van der Waals surface area (Å²) in [5.74, 6) is -1.34. The molecule has 0 fully saturated rings. The summed E-state index contributed by atoms with van der Waals surface area (Å²) in [6.07, 6.45) is 4.88. The van der Waals surface area contributed by atoms with Crippen LogP contribution in [0, 0.1) is 0 Å². The molecule has 0 heterocycles. The van der Waals surface area contributed by atoms with Crippen molar-refractivity contribution >= 4 is 24.1 Å². The van der Waals surface area contributed by atoms with E-state index in [9.17, 15) is 19.8 Å². The van der Waals surface area contributed by atoms with Gasteiger partial charge in [-0.15, -0.1) is 0 Å². The van der Waals surface area contributed by atoms with Gasteiger partial charge in [-0.1, -0.05) is 12.1 Å². The van der Waals surface area contributed by atoms with Crippen LogP contribution in [-0.4, -0.2) is 46.6 Å². The minimum Gasteiger partial charge on any atom is -0.504 e. The molecular weight excluding hydrogens is 434 g/mol. The first-order chi connectivity index (χ1) is 13.3.